The van der Waals surface area contributed by atoms with Gasteiger partial charge in [0.05, 0.1) is 34.3 Å². The molecule has 0 radical (unpaired) electrons. The fourth-order valence-corrected chi connectivity index (χ4v) is 2.15. The van der Waals surface area contributed by atoms with Crippen molar-refractivity contribution in [3.63, 3.8) is 0 Å². The van der Waals surface area contributed by atoms with Crippen LogP contribution in [0.2, 0.25) is 0 Å². The van der Waals surface area contributed by atoms with Crippen molar-refractivity contribution >= 4 is 10.4 Å². The molecule has 5 nitrogen and oxygen atoms in total. The lowest BCUT2D eigenvalue weighted by Crippen LogP contribution is -2.35. The van der Waals surface area contributed by atoms with Crippen LogP contribution >= 0.6 is 0 Å². The normalized spacial score (nSPS) is 11.9. The van der Waals surface area contributed by atoms with Crippen LogP contribution in [0.1, 0.15) is 65.2 Å². The Hall–Kier alpha value is -0.170. The molecule has 0 unspecified atom stereocenters. The molecule has 0 aliphatic rings. The molecule has 0 aromatic rings. The Balaban J connectivity index is 0. The summed E-state index contributed by atoms with van der Waals surface area (Å²) in [7, 11) is 2.41. The van der Waals surface area contributed by atoms with Crippen LogP contribution in [0, 0.1) is 0 Å². The molecule has 0 N–H and O–H groups in total. The highest BCUT2D eigenvalue weighted by Gasteiger charge is 2.04. The molecule has 0 saturated heterocycles. The highest BCUT2D eigenvalue weighted by Crippen LogP contribution is 2.09. The SMILES string of the molecule is CCCCCCCCCC[N+](C)(C)C.CCOS(=O)(=O)[O-]. The second kappa shape index (κ2) is 13.5. The van der Waals surface area contributed by atoms with E-state index in [0.717, 1.165) is 4.48 Å². The van der Waals surface area contributed by atoms with Crippen molar-refractivity contribution < 1.29 is 21.6 Å². The van der Waals surface area contributed by atoms with Gasteiger partial charge in [-0.25, -0.2) is 8.42 Å². The van der Waals surface area contributed by atoms with Gasteiger partial charge in [0, 0.05) is 0 Å². The minimum Gasteiger partial charge on any atom is -0.726 e. The van der Waals surface area contributed by atoms with E-state index in [9.17, 15) is 13.0 Å². The van der Waals surface area contributed by atoms with Crippen LogP contribution < -0.4 is 0 Å². The third kappa shape index (κ3) is 28.7. The molecule has 0 spiro atoms. The Morgan fingerprint density at radius 3 is 1.57 bits per heavy atom. The molecule has 0 fully saturated rings. The summed E-state index contributed by atoms with van der Waals surface area (Å²) in [5.74, 6) is 0. The van der Waals surface area contributed by atoms with Gasteiger partial charge in [-0.05, 0) is 19.8 Å². The first-order valence-electron chi connectivity index (χ1n) is 8.03. The van der Waals surface area contributed by atoms with Crippen LogP contribution in [0.5, 0.6) is 0 Å². The molecule has 0 rings (SSSR count). The molecular weight excluding hydrogens is 290 g/mol. The van der Waals surface area contributed by atoms with Crippen LogP contribution in [0.3, 0.4) is 0 Å². The summed E-state index contributed by atoms with van der Waals surface area (Å²) in [6, 6.07) is 0. The summed E-state index contributed by atoms with van der Waals surface area (Å²) in [5, 5.41) is 0. The molecule has 0 aliphatic carbocycles. The molecule has 21 heavy (non-hydrogen) atoms. The van der Waals surface area contributed by atoms with E-state index in [0.29, 0.717) is 0 Å². The number of hydrogen-bond acceptors (Lipinski definition) is 4. The second-order valence-electron chi connectivity index (χ2n) is 6.30. The van der Waals surface area contributed by atoms with E-state index in [1.54, 1.807) is 0 Å². The lowest BCUT2D eigenvalue weighted by Gasteiger charge is -2.23. The molecule has 6 heteroatoms. The summed E-state index contributed by atoms with van der Waals surface area (Å²) in [6.45, 7) is 4.94. The third-order valence-electron chi connectivity index (χ3n) is 2.94. The number of rotatable bonds is 11. The van der Waals surface area contributed by atoms with Gasteiger partial charge in [0.25, 0.3) is 0 Å². The van der Waals surface area contributed by atoms with Crippen LogP contribution in [0.15, 0.2) is 0 Å². The van der Waals surface area contributed by atoms with Crippen molar-refractivity contribution in [2.75, 3.05) is 34.3 Å². The predicted molar refractivity (Wildman–Crippen MR) is 86.8 cm³/mol. The van der Waals surface area contributed by atoms with Gasteiger partial charge in [-0.15, -0.1) is 0 Å². The van der Waals surface area contributed by atoms with Crippen LogP contribution in [0.4, 0.5) is 0 Å². The van der Waals surface area contributed by atoms with E-state index in [4.69, 9.17) is 0 Å². The third-order valence-corrected chi connectivity index (χ3v) is 3.47. The van der Waals surface area contributed by atoms with Crippen molar-refractivity contribution in [1.82, 2.24) is 0 Å². The average Bonchev–Trinajstić information content (AvgIpc) is 2.30. The Morgan fingerprint density at radius 1 is 0.857 bits per heavy atom. The summed E-state index contributed by atoms with van der Waals surface area (Å²) >= 11 is 0. The molecular formula is C15H35NO4S. The highest BCUT2D eigenvalue weighted by molar-refractivity contribution is 7.80. The van der Waals surface area contributed by atoms with Crippen LogP contribution in [-0.2, 0) is 14.6 Å². The van der Waals surface area contributed by atoms with E-state index in [-0.39, 0.29) is 6.61 Å². The lowest BCUT2D eigenvalue weighted by molar-refractivity contribution is -0.870. The average molecular weight is 326 g/mol. The summed E-state index contributed by atoms with van der Waals surface area (Å²) in [6.07, 6.45) is 11.4. The zero-order valence-corrected chi connectivity index (χ0v) is 15.4. The quantitative estimate of drug-likeness (QED) is 0.253. The maximum absolute atomic E-state index is 9.45. The van der Waals surface area contributed by atoms with Crippen molar-refractivity contribution in [1.29, 1.82) is 0 Å². The predicted octanol–water partition coefficient (Wildman–Crippen LogP) is 3.32. The zero-order valence-electron chi connectivity index (χ0n) is 14.6. The highest BCUT2D eigenvalue weighted by atomic mass is 32.3. The standard InChI is InChI=1S/C13H30N.C2H6O4S/c1-5-6-7-8-9-10-11-12-13-14(2,3)4;1-2-6-7(3,4)5/h5-13H2,1-4H3;2H2,1H3,(H,3,4,5)/q+1;/p-1. The van der Waals surface area contributed by atoms with E-state index in [1.165, 1.54) is 64.8 Å². The summed E-state index contributed by atoms with van der Waals surface area (Å²) in [5.41, 5.74) is 0. The summed E-state index contributed by atoms with van der Waals surface area (Å²) < 4.78 is 33.1. The van der Waals surface area contributed by atoms with Gasteiger partial charge < -0.3 is 9.04 Å². The Labute approximate surface area is 132 Å². The zero-order chi connectivity index (χ0) is 16.8. The Kier molecular flexibility index (Phi) is 14.8. The fourth-order valence-electron chi connectivity index (χ4n) is 1.86. The van der Waals surface area contributed by atoms with E-state index in [1.807, 2.05) is 0 Å². The van der Waals surface area contributed by atoms with Gasteiger partial charge in [0.15, 0.2) is 0 Å². The van der Waals surface area contributed by atoms with Gasteiger partial charge >= 0.3 is 0 Å². The largest absolute Gasteiger partial charge is 0.726 e. The first kappa shape index (κ1) is 23.1. The number of nitrogens with zero attached hydrogens (tertiary/aromatic N) is 1. The molecule has 0 bridgehead atoms. The van der Waals surface area contributed by atoms with Crippen molar-refractivity contribution in [3.8, 4) is 0 Å². The minimum absolute atomic E-state index is 0.0914. The number of quaternary nitrogens is 1. The molecule has 0 aromatic carbocycles. The Morgan fingerprint density at radius 2 is 1.29 bits per heavy atom. The maximum atomic E-state index is 9.45. The number of hydrogen-bond donors (Lipinski definition) is 0. The molecule has 130 valence electrons. The van der Waals surface area contributed by atoms with E-state index >= 15 is 0 Å². The van der Waals surface area contributed by atoms with E-state index < -0.39 is 10.4 Å². The topological polar surface area (TPSA) is 66.4 Å². The first-order chi connectivity index (χ1) is 9.62. The van der Waals surface area contributed by atoms with Crippen molar-refractivity contribution in [3.05, 3.63) is 0 Å². The summed E-state index contributed by atoms with van der Waals surface area (Å²) in [4.78, 5) is 0. The van der Waals surface area contributed by atoms with Crippen molar-refractivity contribution in [2.24, 2.45) is 0 Å². The second-order valence-corrected chi connectivity index (χ2v) is 7.36. The monoisotopic (exact) mass is 325 g/mol. The fraction of sp³-hybridized carbons (Fsp3) is 1.00. The maximum Gasteiger partial charge on any atom is 0.217 e. The molecule has 0 atom stereocenters. The Bertz CT molecular complexity index is 310. The molecule has 0 aromatic heterocycles. The van der Waals surface area contributed by atoms with Gasteiger partial charge in [0.1, 0.15) is 0 Å². The van der Waals surface area contributed by atoms with Crippen LogP contribution in [-0.4, -0.2) is 51.7 Å². The van der Waals surface area contributed by atoms with Gasteiger partial charge in [-0.2, -0.15) is 0 Å². The van der Waals surface area contributed by atoms with Gasteiger partial charge in [-0.3, -0.25) is 4.18 Å². The smallest absolute Gasteiger partial charge is 0.217 e. The molecule has 0 saturated carbocycles. The van der Waals surface area contributed by atoms with E-state index in [2.05, 4.69) is 32.2 Å². The molecule has 0 aliphatic heterocycles. The first-order valence-corrected chi connectivity index (χ1v) is 9.36. The minimum atomic E-state index is -4.42. The van der Waals surface area contributed by atoms with Crippen molar-refractivity contribution in [2.45, 2.75) is 65.2 Å². The number of unbranched alkanes of at least 4 members (excludes halogenated alkanes) is 7. The van der Waals surface area contributed by atoms with Gasteiger partial charge in [-0.1, -0.05) is 45.4 Å². The lowest BCUT2D eigenvalue weighted by atomic mass is 10.1. The van der Waals surface area contributed by atoms with Crippen LogP contribution in [0.25, 0.3) is 0 Å². The molecule has 0 heterocycles. The molecule has 0 amide bonds. The van der Waals surface area contributed by atoms with Gasteiger partial charge in [0.2, 0.25) is 10.4 Å².